The molecule has 0 bridgehead atoms. The Labute approximate surface area is 140 Å². The topological polar surface area (TPSA) is 66.4 Å². The predicted molar refractivity (Wildman–Crippen MR) is 89.1 cm³/mol. The Morgan fingerprint density at radius 1 is 1.12 bits per heavy atom. The molecule has 0 saturated heterocycles. The third kappa shape index (κ3) is 5.19. The summed E-state index contributed by atoms with van der Waals surface area (Å²) in [5.74, 6) is -1.51. The number of carboxylic acid groups (broad SMARTS) is 1. The summed E-state index contributed by atoms with van der Waals surface area (Å²) in [6, 6.07) is 12.8. The molecule has 1 amide bonds. The molecular weight excluding hydrogens is 309 g/mol. The van der Waals surface area contributed by atoms with Crippen LogP contribution in [0.2, 0.25) is 0 Å². The van der Waals surface area contributed by atoms with E-state index in [0.29, 0.717) is 19.4 Å². The lowest BCUT2D eigenvalue weighted by molar-refractivity contribution is -0.124. The number of hydrogen-bond donors (Lipinski definition) is 2. The lowest BCUT2D eigenvalue weighted by atomic mass is 10.00. The van der Waals surface area contributed by atoms with Crippen molar-refractivity contribution < 1.29 is 19.1 Å². The summed E-state index contributed by atoms with van der Waals surface area (Å²) in [6.45, 7) is 2.19. The van der Waals surface area contributed by atoms with E-state index in [2.05, 4.69) is 5.32 Å². The summed E-state index contributed by atoms with van der Waals surface area (Å²) in [5, 5.41) is 11.7. The van der Waals surface area contributed by atoms with Gasteiger partial charge in [0.15, 0.2) is 0 Å². The largest absolute Gasteiger partial charge is 0.478 e. The number of carbonyl (C=O) groups excluding carboxylic acids is 1. The first-order valence-electron chi connectivity index (χ1n) is 7.80. The van der Waals surface area contributed by atoms with Crippen molar-refractivity contribution in [2.24, 2.45) is 5.92 Å². The number of rotatable bonds is 7. The van der Waals surface area contributed by atoms with Crippen LogP contribution in [0.15, 0.2) is 48.5 Å². The Morgan fingerprint density at radius 2 is 1.83 bits per heavy atom. The number of hydrogen-bond acceptors (Lipinski definition) is 2. The molecule has 1 atom stereocenters. The molecule has 4 nitrogen and oxygen atoms in total. The number of aryl methyl sites for hydroxylation is 1. The van der Waals surface area contributed by atoms with Crippen molar-refractivity contribution in [3.8, 4) is 0 Å². The van der Waals surface area contributed by atoms with Gasteiger partial charge in [0.25, 0.3) is 0 Å². The monoisotopic (exact) mass is 329 g/mol. The van der Waals surface area contributed by atoms with Gasteiger partial charge >= 0.3 is 5.97 Å². The van der Waals surface area contributed by atoms with Crippen molar-refractivity contribution in [2.45, 2.75) is 26.3 Å². The maximum atomic E-state index is 13.1. The fourth-order valence-corrected chi connectivity index (χ4v) is 2.34. The summed E-state index contributed by atoms with van der Waals surface area (Å²) in [5.41, 5.74) is 1.93. The quantitative estimate of drug-likeness (QED) is 0.818. The minimum absolute atomic E-state index is 0.0753. The smallest absolute Gasteiger partial charge is 0.335 e. The normalized spacial score (nSPS) is 11.8. The van der Waals surface area contributed by atoms with Crippen molar-refractivity contribution in [1.82, 2.24) is 5.32 Å². The van der Waals surface area contributed by atoms with E-state index >= 15 is 0 Å². The Kier molecular flexibility index (Phi) is 6.07. The number of nitrogens with one attached hydrogen (secondary N) is 1. The van der Waals surface area contributed by atoms with Gasteiger partial charge in [-0.3, -0.25) is 4.79 Å². The van der Waals surface area contributed by atoms with Gasteiger partial charge in [-0.1, -0.05) is 31.2 Å². The fourth-order valence-electron chi connectivity index (χ4n) is 2.34. The van der Waals surface area contributed by atoms with E-state index in [-0.39, 0.29) is 23.2 Å². The predicted octanol–water partition coefficient (Wildman–Crippen LogP) is 3.41. The van der Waals surface area contributed by atoms with Gasteiger partial charge in [0.1, 0.15) is 5.82 Å². The van der Waals surface area contributed by atoms with E-state index in [1.54, 1.807) is 18.2 Å². The van der Waals surface area contributed by atoms with E-state index < -0.39 is 5.97 Å². The standard InChI is InChI=1S/C19H20FNO3/c1-13(5-6-14-3-2-4-17(20)11-14)18(22)21-12-15-7-9-16(10-8-15)19(23)24/h2-4,7-11,13H,5-6,12H2,1H3,(H,21,22)(H,23,24). The SMILES string of the molecule is CC(CCc1cccc(F)c1)C(=O)NCc1ccc(C(=O)O)cc1. The van der Waals surface area contributed by atoms with Crippen LogP contribution in [0.5, 0.6) is 0 Å². The van der Waals surface area contributed by atoms with Gasteiger partial charge in [-0.2, -0.15) is 0 Å². The first-order valence-corrected chi connectivity index (χ1v) is 7.80. The highest BCUT2D eigenvalue weighted by molar-refractivity contribution is 5.87. The molecule has 126 valence electrons. The van der Waals surface area contributed by atoms with Crippen LogP contribution < -0.4 is 5.32 Å². The maximum absolute atomic E-state index is 13.1. The first kappa shape index (κ1) is 17.7. The van der Waals surface area contributed by atoms with E-state index in [9.17, 15) is 14.0 Å². The van der Waals surface area contributed by atoms with Crippen molar-refractivity contribution in [1.29, 1.82) is 0 Å². The number of aromatic carboxylic acids is 1. The number of halogens is 1. The van der Waals surface area contributed by atoms with E-state index in [4.69, 9.17) is 5.11 Å². The van der Waals surface area contributed by atoms with Crippen LogP contribution in [0.1, 0.15) is 34.8 Å². The number of benzene rings is 2. The summed E-state index contributed by atoms with van der Waals surface area (Å²) in [6.07, 6.45) is 1.27. The number of amides is 1. The Balaban J connectivity index is 1.80. The van der Waals surface area contributed by atoms with Gasteiger partial charge in [-0.05, 0) is 48.2 Å². The van der Waals surface area contributed by atoms with E-state index in [1.165, 1.54) is 24.3 Å². The van der Waals surface area contributed by atoms with Crippen LogP contribution in [0, 0.1) is 11.7 Å². The Hall–Kier alpha value is -2.69. The minimum atomic E-state index is -0.975. The number of carboxylic acids is 1. The average molecular weight is 329 g/mol. The number of carbonyl (C=O) groups is 2. The van der Waals surface area contributed by atoms with Crippen LogP contribution in [-0.2, 0) is 17.8 Å². The molecule has 0 spiro atoms. The molecule has 0 aliphatic carbocycles. The lowest BCUT2D eigenvalue weighted by Gasteiger charge is -2.12. The third-order valence-electron chi connectivity index (χ3n) is 3.87. The molecule has 0 aromatic heterocycles. The zero-order chi connectivity index (χ0) is 17.5. The third-order valence-corrected chi connectivity index (χ3v) is 3.87. The summed E-state index contributed by atoms with van der Waals surface area (Å²) in [7, 11) is 0. The van der Waals surface area contributed by atoms with Gasteiger partial charge in [0.05, 0.1) is 5.56 Å². The molecule has 0 fully saturated rings. The van der Waals surface area contributed by atoms with Gasteiger partial charge in [-0.15, -0.1) is 0 Å². The van der Waals surface area contributed by atoms with Crippen LogP contribution in [0.25, 0.3) is 0 Å². The molecule has 5 heteroatoms. The molecule has 0 saturated carbocycles. The fraction of sp³-hybridized carbons (Fsp3) is 0.263. The van der Waals surface area contributed by atoms with Crippen molar-refractivity contribution in [3.05, 3.63) is 71.0 Å². The van der Waals surface area contributed by atoms with Crippen molar-refractivity contribution in [3.63, 3.8) is 0 Å². The van der Waals surface area contributed by atoms with Crippen LogP contribution >= 0.6 is 0 Å². The zero-order valence-electron chi connectivity index (χ0n) is 13.5. The van der Waals surface area contributed by atoms with E-state index in [0.717, 1.165) is 11.1 Å². The second-order valence-corrected chi connectivity index (χ2v) is 5.79. The molecule has 2 aromatic rings. The molecule has 2 N–H and O–H groups in total. The molecular formula is C19H20FNO3. The highest BCUT2D eigenvalue weighted by Gasteiger charge is 2.13. The van der Waals surface area contributed by atoms with Crippen molar-refractivity contribution >= 4 is 11.9 Å². The van der Waals surface area contributed by atoms with Crippen LogP contribution in [0.4, 0.5) is 4.39 Å². The molecule has 2 aromatic carbocycles. The second kappa shape index (κ2) is 8.24. The molecule has 24 heavy (non-hydrogen) atoms. The Morgan fingerprint density at radius 3 is 2.46 bits per heavy atom. The van der Waals surface area contributed by atoms with Crippen LogP contribution in [0.3, 0.4) is 0 Å². The highest BCUT2D eigenvalue weighted by atomic mass is 19.1. The molecule has 0 aliphatic heterocycles. The van der Waals surface area contributed by atoms with E-state index in [1.807, 2.05) is 13.0 Å². The Bertz CT molecular complexity index is 713. The molecule has 2 rings (SSSR count). The molecule has 1 unspecified atom stereocenters. The van der Waals surface area contributed by atoms with Crippen LogP contribution in [-0.4, -0.2) is 17.0 Å². The van der Waals surface area contributed by atoms with Gasteiger partial charge in [0.2, 0.25) is 5.91 Å². The summed E-state index contributed by atoms with van der Waals surface area (Å²) < 4.78 is 13.1. The average Bonchev–Trinajstić information content (AvgIpc) is 2.58. The van der Waals surface area contributed by atoms with Gasteiger partial charge < -0.3 is 10.4 Å². The molecule has 0 radical (unpaired) electrons. The van der Waals surface area contributed by atoms with Gasteiger partial charge in [0, 0.05) is 12.5 Å². The first-order chi connectivity index (χ1) is 11.5. The zero-order valence-corrected chi connectivity index (χ0v) is 13.5. The highest BCUT2D eigenvalue weighted by Crippen LogP contribution is 2.12. The summed E-state index contributed by atoms with van der Waals surface area (Å²) >= 11 is 0. The maximum Gasteiger partial charge on any atom is 0.335 e. The second-order valence-electron chi connectivity index (χ2n) is 5.79. The van der Waals surface area contributed by atoms with Gasteiger partial charge in [-0.25, -0.2) is 9.18 Å². The molecule has 0 aliphatic rings. The van der Waals surface area contributed by atoms with Crippen molar-refractivity contribution in [2.75, 3.05) is 0 Å². The minimum Gasteiger partial charge on any atom is -0.478 e. The lowest BCUT2D eigenvalue weighted by Crippen LogP contribution is -2.29. The molecule has 0 heterocycles. The summed E-state index contributed by atoms with van der Waals surface area (Å²) in [4.78, 5) is 22.9.